The maximum absolute atomic E-state index is 11.8. The Kier molecular flexibility index (Phi) is 13.2. The summed E-state index contributed by atoms with van der Waals surface area (Å²) in [5.41, 5.74) is 4.34. The summed E-state index contributed by atoms with van der Waals surface area (Å²) < 4.78 is 10.8. The second-order valence-electron chi connectivity index (χ2n) is 9.09. The van der Waals surface area contributed by atoms with Crippen molar-refractivity contribution in [3.63, 3.8) is 0 Å². The summed E-state index contributed by atoms with van der Waals surface area (Å²) in [6, 6.07) is 12.1. The Morgan fingerprint density at radius 1 is 0.735 bits per heavy atom. The predicted molar refractivity (Wildman–Crippen MR) is 141 cm³/mol. The molecular weight excluding hydrogens is 424 g/mol. The van der Waals surface area contributed by atoms with Gasteiger partial charge < -0.3 is 14.6 Å². The first-order valence-electron chi connectivity index (χ1n) is 13.3. The van der Waals surface area contributed by atoms with Gasteiger partial charge in [-0.3, -0.25) is 0 Å². The summed E-state index contributed by atoms with van der Waals surface area (Å²) in [7, 11) is 0. The Morgan fingerprint density at radius 2 is 1.29 bits per heavy atom. The zero-order valence-corrected chi connectivity index (χ0v) is 21.5. The molecule has 0 amide bonds. The number of ether oxygens (including phenoxy) is 2. The van der Waals surface area contributed by atoms with Gasteiger partial charge in [-0.1, -0.05) is 77.3 Å². The van der Waals surface area contributed by atoms with Crippen LogP contribution in [0.5, 0.6) is 11.5 Å². The molecule has 0 aliphatic carbocycles. The van der Waals surface area contributed by atoms with Crippen LogP contribution >= 0.6 is 0 Å². The van der Waals surface area contributed by atoms with Gasteiger partial charge in [0, 0.05) is 0 Å². The smallest absolute Gasteiger partial charge is 0.344 e. The summed E-state index contributed by atoms with van der Waals surface area (Å²) >= 11 is 0. The summed E-state index contributed by atoms with van der Waals surface area (Å²) in [6.45, 7) is 6.53. The fourth-order valence-electron chi connectivity index (χ4n) is 4.24. The van der Waals surface area contributed by atoms with Gasteiger partial charge in [0.1, 0.15) is 11.5 Å². The van der Waals surface area contributed by atoms with Crippen molar-refractivity contribution in [3.05, 3.63) is 47.5 Å². The molecule has 4 nitrogen and oxygen atoms in total. The summed E-state index contributed by atoms with van der Waals surface area (Å²) in [5.74, 6) is 0.787. The SMILES string of the molecule is CCCCCCCc1cc(-c2ccc(OCC(=O)OCC)c(CCCCCCC)c2)ccc1O. The van der Waals surface area contributed by atoms with Crippen LogP contribution in [0.3, 0.4) is 0 Å². The highest BCUT2D eigenvalue weighted by Gasteiger charge is 2.11. The van der Waals surface area contributed by atoms with Crippen molar-refractivity contribution in [3.8, 4) is 22.6 Å². The lowest BCUT2D eigenvalue weighted by Crippen LogP contribution is -2.15. The molecule has 0 unspecified atom stereocenters. The quantitative estimate of drug-likeness (QED) is 0.189. The van der Waals surface area contributed by atoms with Crippen LogP contribution in [0, 0.1) is 0 Å². The second-order valence-corrected chi connectivity index (χ2v) is 9.09. The first kappa shape index (κ1) is 27.8. The third kappa shape index (κ3) is 9.79. The molecule has 0 fully saturated rings. The van der Waals surface area contributed by atoms with Crippen molar-refractivity contribution in [2.45, 2.75) is 97.8 Å². The van der Waals surface area contributed by atoms with E-state index < -0.39 is 0 Å². The molecule has 0 spiro atoms. The number of carbonyl (C=O) groups is 1. The average molecular weight is 469 g/mol. The minimum Gasteiger partial charge on any atom is -0.508 e. The van der Waals surface area contributed by atoms with E-state index in [0.717, 1.165) is 53.7 Å². The number of phenolic OH excluding ortho intramolecular Hbond substituents is 1. The van der Waals surface area contributed by atoms with E-state index in [-0.39, 0.29) is 12.6 Å². The number of aromatic hydroxyl groups is 1. The lowest BCUT2D eigenvalue weighted by molar-refractivity contribution is -0.145. The largest absolute Gasteiger partial charge is 0.508 e. The van der Waals surface area contributed by atoms with Crippen molar-refractivity contribution in [1.29, 1.82) is 0 Å². The van der Waals surface area contributed by atoms with Crippen molar-refractivity contribution in [2.24, 2.45) is 0 Å². The number of rotatable bonds is 17. The predicted octanol–water partition coefficient (Wildman–Crippen LogP) is 8.03. The Bertz CT molecular complexity index is 859. The minimum absolute atomic E-state index is 0.0720. The monoisotopic (exact) mass is 468 g/mol. The van der Waals surface area contributed by atoms with Crippen LogP contribution in [-0.4, -0.2) is 24.3 Å². The molecule has 0 radical (unpaired) electrons. The van der Waals surface area contributed by atoms with E-state index in [2.05, 4.69) is 26.0 Å². The Morgan fingerprint density at radius 3 is 1.91 bits per heavy atom. The molecule has 0 aromatic heterocycles. The van der Waals surface area contributed by atoms with Gasteiger partial charge in [0.05, 0.1) is 6.61 Å². The zero-order valence-electron chi connectivity index (χ0n) is 21.5. The lowest BCUT2D eigenvalue weighted by Gasteiger charge is -2.14. The third-order valence-electron chi connectivity index (χ3n) is 6.22. The Hall–Kier alpha value is -2.49. The van der Waals surface area contributed by atoms with Crippen LogP contribution < -0.4 is 4.74 Å². The van der Waals surface area contributed by atoms with Gasteiger partial charge in [-0.25, -0.2) is 4.79 Å². The molecule has 1 N–H and O–H groups in total. The number of esters is 1. The molecule has 34 heavy (non-hydrogen) atoms. The maximum Gasteiger partial charge on any atom is 0.344 e. The highest BCUT2D eigenvalue weighted by molar-refractivity contribution is 5.71. The number of unbranched alkanes of at least 4 members (excludes halogenated alkanes) is 8. The summed E-state index contributed by atoms with van der Waals surface area (Å²) in [4.78, 5) is 11.8. The lowest BCUT2D eigenvalue weighted by atomic mass is 9.96. The number of phenols is 1. The first-order valence-corrected chi connectivity index (χ1v) is 13.3. The van der Waals surface area contributed by atoms with Gasteiger partial charge >= 0.3 is 5.97 Å². The van der Waals surface area contributed by atoms with Crippen molar-refractivity contribution >= 4 is 5.97 Å². The molecule has 0 bridgehead atoms. The molecule has 2 rings (SSSR count). The van der Waals surface area contributed by atoms with Gasteiger partial charge in [0.2, 0.25) is 0 Å². The second kappa shape index (κ2) is 16.2. The molecule has 0 heterocycles. The Balaban J connectivity index is 2.15. The van der Waals surface area contributed by atoms with Gasteiger partial charge in [0.15, 0.2) is 6.61 Å². The van der Waals surface area contributed by atoms with E-state index in [1.807, 2.05) is 24.3 Å². The summed E-state index contributed by atoms with van der Waals surface area (Å²) in [5, 5.41) is 10.4. The van der Waals surface area contributed by atoms with E-state index in [4.69, 9.17) is 9.47 Å². The molecule has 0 saturated carbocycles. The van der Waals surface area contributed by atoms with Gasteiger partial charge in [-0.05, 0) is 79.1 Å². The van der Waals surface area contributed by atoms with Crippen LogP contribution in [-0.2, 0) is 22.4 Å². The fourth-order valence-corrected chi connectivity index (χ4v) is 4.24. The molecule has 2 aromatic rings. The topological polar surface area (TPSA) is 55.8 Å². The van der Waals surface area contributed by atoms with Crippen LogP contribution in [0.2, 0.25) is 0 Å². The average Bonchev–Trinajstić information content (AvgIpc) is 2.84. The van der Waals surface area contributed by atoms with E-state index >= 15 is 0 Å². The zero-order chi connectivity index (χ0) is 24.6. The van der Waals surface area contributed by atoms with Crippen LogP contribution in [0.25, 0.3) is 11.1 Å². The number of carbonyl (C=O) groups excluding carboxylic acids is 1. The number of aryl methyl sites for hydroxylation is 2. The molecule has 0 aliphatic rings. The highest BCUT2D eigenvalue weighted by atomic mass is 16.6. The Labute approximate surface area is 206 Å². The standard InChI is InChI=1S/C30H44O4/c1-4-7-9-11-13-15-26-21-24(17-19-28(26)31)25-18-20-29(34-23-30(32)33-6-3)27(22-25)16-14-12-10-8-5-2/h17-22,31H,4-16,23H2,1-3H3. The van der Waals surface area contributed by atoms with E-state index in [1.54, 1.807) is 6.92 Å². The number of hydrogen-bond donors (Lipinski definition) is 1. The molecule has 0 saturated heterocycles. The van der Waals surface area contributed by atoms with Crippen LogP contribution in [0.1, 0.15) is 96.1 Å². The van der Waals surface area contributed by atoms with E-state index in [9.17, 15) is 9.90 Å². The highest BCUT2D eigenvalue weighted by Crippen LogP contribution is 2.31. The van der Waals surface area contributed by atoms with E-state index in [1.165, 1.54) is 51.4 Å². The summed E-state index contributed by atoms with van der Waals surface area (Å²) in [6.07, 6.45) is 13.9. The molecule has 0 atom stereocenters. The molecule has 4 heteroatoms. The molecule has 0 aliphatic heterocycles. The van der Waals surface area contributed by atoms with Gasteiger partial charge in [-0.2, -0.15) is 0 Å². The van der Waals surface area contributed by atoms with Crippen LogP contribution in [0.4, 0.5) is 0 Å². The fraction of sp³-hybridized carbons (Fsp3) is 0.567. The van der Waals surface area contributed by atoms with Crippen LogP contribution in [0.15, 0.2) is 36.4 Å². The maximum atomic E-state index is 11.8. The first-order chi connectivity index (χ1) is 16.6. The molecule has 188 valence electrons. The normalized spacial score (nSPS) is 10.9. The van der Waals surface area contributed by atoms with E-state index in [0.29, 0.717) is 12.4 Å². The van der Waals surface area contributed by atoms with Crippen molar-refractivity contribution in [2.75, 3.05) is 13.2 Å². The molecular formula is C30H44O4. The number of benzene rings is 2. The molecule has 2 aromatic carbocycles. The third-order valence-corrected chi connectivity index (χ3v) is 6.22. The minimum atomic E-state index is -0.345. The van der Waals surface area contributed by atoms with Gasteiger partial charge in [-0.15, -0.1) is 0 Å². The number of hydrogen-bond acceptors (Lipinski definition) is 4. The van der Waals surface area contributed by atoms with Gasteiger partial charge in [0.25, 0.3) is 0 Å². The van der Waals surface area contributed by atoms with Crippen molar-refractivity contribution < 1.29 is 19.4 Å². The van der Waals surface area contributed by atoms with Crippen molar-refractivity contribution in [1.82, 2.24) is 0 Å².